The Balaban J connectivity index is 2.19. The molecule has 0 spiro atoms. The first-order chi connectivity index (χ1) is 15.4. The Bertz CT molecular complexity index is 1120. The van der Waals surface area contributed by atoms with Crippen LogP contribution < -0.4 is 5.56 Å². The lowest BCUT2D eigenvalue weighted by Gasteiger charge is -2.32. The second kappa shape index (κ2) is 10.6. The summed E-state index contributed by atoms with van der Waals surface area (Å²) in [5, 5.41) is 0.579. The number of nitrogens with zero attached hydrogens (tertiary/aromatic N) is 3. The number of rotatable bonds is 9. The first kappa shape index (κ1) is 23.7. The third-order valence-corrected chi connectivity index (χ3v) is 6.03. The number of hydrogen-bond donors (Lipinski definition) is 0. The van der Waals surface area contributed by atoms with Crippen molar-refractivity contribution >= 4 is 16.8 Å². The van der Waals surface area contributed by atoms with E-state index < -0.39 is 0 Å². The molecule has 0 aliphatic heterocycles. The van der Waals surface area contributed by atoms with Gasteiger partial charge in [0.25, 0.3) is 5.56 Å². The molecule has 1 unspecified atom stereocenters. The maximum atomic E-state index is 13.6. The van der Waals surface area contributed by atoms with Gasteiger partial charge in [0.05, 0.1) is 22.6 Å². The molecule has 0 radical (unpaired) electrons. The first-order valence-electron chi connectivity index (χ1n) is 11.8. The summed E-state index contributed by atoms with van der Waals surface area (Å²) in [6.45, 7) is 10.8. The number of para-hydroxylation sites is 1. The molecule has 0 saturated heterocycles. The molecule has 2 aromatic carbocycles. The lowest BCUT2D eigenvalue weighted by molar-refractivity contribution is -0.137. The van der Waals surface area contributed by atoms with E-state index in [0.29, 0.717) is 23.3 Å². The van der Waals surface area contributed by atoms with Crippen LogP contribution in [0, 0.1) is 5.92 Å². The molecule has 5 nitrogen and oxygen atoms in total. The summed E-state index contributed by atoms with van der Waals surface area (Å²) in [4.78, 5) is 33.6. The second-order valence-electron chi connectivity index (χ2n) is 8.72. The third kappa shape index (κ3) is 4.93. The molecule has 32 heavy (non-hydrogen) atoms. The van der Waals surface area contributed by atoms with E-state index in [-0.39, 0.29) is 23.4 Å². The van der Waals surface area contributed by atoms with Crippen LogP contribution in [0.5, 0.6) is 0 Å². The van der Waals surface area contributed by atoms with E-state index in [1.807, 2.05) is 74.2 Å². The molecular weight excluding hydrogens is 398 g/mol. The Morgan fingerprint density at radius 2 is 1.69 bits per heavy atom. The number of unbranched alkanes of at least 4 members (excludes halogenated alkanes) is 2. The highest BCUT2D eigenvalue weighted by molar-refractivity contribution is 5.79. The molecule has 170 valence electrons. The van der Waals surface area contributed by atoms with Crippen LogP contribution in [0.25, 0.3) is 16.6 Å². The van der Waals surface area contributed by atoms with Crippen LogP contribution in [0.1, 0.15) is 71.3 Å². The van der Waals surface area contributed by atoms with Crippen LogP contribution in [0.4, 0.5) is 0 Å². The van der Waals surface area contributed by atoms with Gasteiger partial charge in [0.1, 0.15) is 5.82 Å². The van der Waals surface area contributed by atoms with Crippen molar-refractivity contribution in [3.63, 3.8) is 0 Å². The van der Waals surface area contributed by atoms with Gasteiger partial charge in [0.2, 0.25) is 5.91 Å². The Labute approximate surface area is 191 Å². The fourth-order valence-corrected chi connectivity index (χ4v) is 4.06. The average Bonchev–Trinajstić information content (AvgIpc) is 2.81. The predicted octanol–water partition coefficient (Wildman–Crippen LogP) is 5.68. The molecule has 0 N–H and O–H groups in total. The van der Waals surface area contributed by atoms with Crippen LogP contribution in [0.3, 0.4) is 0 Å². The van der Waals surface area contributed by atoms with E-state index in [1.54, 1.807) is 4.57 Å². The Morgan fingerprint density at radius 1 is 1.00 bits per heavy atom. The summed E-state index contributed by atoms with van der Waals surface area (Å²) in [7, 11) is 0. The van der Waals surface area contributed by atoms with Gasteiger partial charge in [-0.25, -0.2) is 4.98 Å². The van der Waals surface area contributed by atoms with E-state index in [0.717, 1.165) is 31.4 Å². The van der Waals surface area contributed by atoms with Crippen LogP contribution >= 0.6 is 0 Å². The van der Waals surface area contributed by atoms with Crippen LogP contribution in [0.2, 0.25) is 0 Å². The number of benzene rings is 2. The van der Waals surface area contributed by atoms with Gasteiger partial charge in [-0.2, -0.15) is 0 Å². The molecule has 1 aromatic heterocycles. The molecule has 1 atom stereocenters. The van der Waals surface area contributed by atoms with Crippen molar-refractivity contribution < 1.29 is 4.79 Å². The van der Waals surface area contributed by atoms with Crippen LogP contribution in [-0.2, 0) is 11.2 Å². The number of amides is 1. The van der Waals surface area contributed by atoms with Crippen molar-refractivity contribution in [2.45, 2.75) is 66.3 Å². The highest BCUT2D eigenvalue weighted by Crippen LogP contribution is 2.25. The van der Waals surface area contributed by atoms with Crippen molar-refractivity contribution in [3.8, 4) is 5.69 Å². The summed E-state index contributed by atoms with van der Waals surface area (Å²) >= 11 is 0. The number of carbonyl (C=O) groups is 1. The number of aromatic nitrogens is 2. The largest absolute Gasteiger partial charge is 0.333 e. The summed E-state index contributed by atoms with van der Waals surface area (Å²) < 4.78 is 1.69. The second-order valence-corrected chi connectivity index (χ2v) is 8.72. The zero-order valence-electron chi connectivity index (χ0n) is 20.0. The van der Waals surface area contributed by atoms with E-state index in [2.05, 4.69) is 13.8 Å². The minimum absolute atomic E-state index is 0.0869. The van der Waals surface area contributed by atoms with Gasteiger partial charge < -0.3 is 4.90 Å². The maximum Gasteiger partial charge on any atom is 0.266 e. The van der Waals surface area contributed by atoms with Gasteiger partial charge in [0.15, 0.2) is 0 Å². The minimum atomic E-state index is -0.329. The van der Waals surface area contributed by atoms with Crippen molar-refractivity contribution in [2.24, 2.45) is 5.92 Å². The van der Waals surface area contributed by atoms with Gasteiger partial charge in [-0.1, -0.05) is 64.8 Å². The smallest absolute Gasteiger partial charge is 0.266 e. The Kier molecular flexibility index (Phi) is 7.84. The van der Waals surface area contributed by atoms with Crippen molar-refractivity contribution in [2.75, 3.05) is 6.54 Å². The van der Waals surface area contributed by atoms with E-state index in [1.165, 1.54) is 5.56 Å². The highest BCUT2D eigenvalue weighted by Gasteiger charge is 2.27. The Hall–Kier alpha value is -2.95. The molecule has 1 heterocycles. The number of aryl methyl sites for hydroxylation is 1. The van der Waals surface area contributed by atoms with Crippen LogP contribution in [0.15, 0.2) is 53.3 Å². The molecule has 0 aliphatic rings. The fourth-order valence-electron chi connectivity index (χ4n) is 4.06. The summed E-state index contributed by atoms with van der Waals surface area (Å²) in [5.41, 5.74) is 2.54. The molecule has 3 aromatic rings. The monoisotopic (exact) mass is 433 g/mol. The zero-order chi connectivity index (χ0) is 23.3. The quantitative estimate of drug-likeness (QED) is 0.408. The Morgan fingerprint density at radius 3 is 2.31 bits per heavy atom. The average molecular weight is 434 g/mol. The predicted molar refractivity (Wildman–Crippen MR) is 131 cm³/mol. The zero-order valence-corrected chi connectivity index (χ0v) is 20.0. The number of hydrogen-bond acceptors (Lipinski definition) is 3. The van der Waals surface area contributed by atoms with Gasteiger partial charge in [-0.15, -0.1) is 0 Å². The third-order valence-electron chi connectivity index (χ3n) is 6.03. The van der Waals surface area contributed by atoms with Crippen molar-refractivity contribution in [3.05, 3.63) is 70.3 Å². The lowest BCUT2D eigenvalue weighted by atomic mass is 10.1. The molecule has 1 amide bonds. The summed E-state index contributed by atoms with van der Waals surface area (Å²) in [6, 6.07) is 15.1. The van der Waals surface area contributed by atoms with Gasteiger partial charge in [-0.3, -0.25) is 14.2 Å². The standard InChI is InChI=1S/C27H35N3O2/c1-6-8-11-18-29(26(31)19(3)4)20(5)25-28-24-13-10-9-12-23(24)27(32)30(25)22-16-14-21(7-2)15-17-22/h9-10,12-17,19-20H,6-8,11,18H2,1-5H3. The molecule has 0 bridgehead atoms. The van der Waals surface area contributed by atoms with Gasteiger partial charge in [0, 0.05) is 12.5 Å². The summed E-state index contributed by atoms with van der Waals surface area (Å²) in [6.07, 6.45) is 4.01. The lowest BCUT2D eigenvalue weighted by Crippen LogP contribution is -2.40. The van der Waals surface area contributed by atoms with E-state index >= 15 is 0 Å². The number of carbonyl (C=O) groups excluding carboxylic acids is 1. The van der Waals surface area contributed by atoms with Crippen molar-refractivity contribution in [1.82, 2.24) is 14.5 Å². The van der Waals surface area contributed by atoms with Crippen molar-refractivity contribution in [1.29, 1.82) is 0 Å². The molecule has 3 rings (SSSR count). The molecule has 0 saturated carbocycles. The maximum absolute atomic E-state index is 13.6. The van der Waals surface area contributed by atoms with E-state index in [4.69, 9.17) is 4.98 Å². The van der Waals surface area contributed by atoms with Gasteiger partial charge >= 0.3 is 0 Å². The molecule has 0 aliphatic carbocycles. The molecular formula is C27H35N3O2. The fraction of sp³-hybridized carbons (Fsp3) is 0.444. The SMILES string of the molecule is CCCCCN(C(=O)C(C)C)C(C)c1nc2ccccc2c(=O)n1-c1ccc(CC)cc1. The topological polar surface area (TPSA) is 55.2 Å². The minimum Gasteiger partial charge on any atom is -0.333 e. The summed E-state index contributed by atoms with van der Waals surface area (Å²) in [5.74, 6) is 0.566. The van der Waals surface area contributed by atoms with Gasteiger partial charge in [-0.05, 0) is 49.6 Å². The first-order valence-corrected chi connectivity index (χ1v) is 11.8. The highest BCUT2D eigenvalue weighted by atomic mass is 16.2. The normalized spacial score (nSPS) is 12.3. The van der Waals surface area contributed by atoms with Crippen LogP contribution in [-0.4, -0.2) is 26.9 Å². The van der Waals surface area contributed by atoms with E-state index in [9.17, 15) is 9.59 Å². The number of fused-ring (bicyclic) bond motifs is 1. The molecule has 5 heteroatoms. The molecule has 0 fully saturated rings.